The number of alkyl halides is 3. The molecule has 0 amide bonds. The normalized spacial score (nSPS) is 18.6. The Morgan fingerprint density at radius 2 is 1.50 bits per heavy atom. The van der Waals surface area contributed by atoms with Gasteiger partial charge in [0.25, 0.3) is 5.60 Å². The lowest BCUT2D eigenvalue weighted by atomic mass is 9.78. The number of hydrogen-bond acceptors (Lipinski definition) is 7. The largest absolute Gasteiger partial charge is 0.465 e. The van der Waals surface area contributed by atoms with Gasteiger partial charge in [0, 0.05) is 56.6 Å². The van der Waals surface area contributed by atoms with Crippen molar-refractivity contribution in [2.24, 2.45) is 0 Å². The van der Waals surface area contributed by atoms with Gasteiger partial charge >= 0.3 is 6.18 Å². The van der Waals surface area contributed by atoms with Crippen molar-refractivity contribution in [3.05, 3.63) is 139 Å². The van der Waals surface area contributed by atoms with E-state index in [0.29, 0.717) is 10.8 Å². The highest BCUT2D eigenvalue weighted by molar-refractivity contribution is 7.13. The maximum absolute atomic E-state index is 15.2. The number of allylic oxidation sites excluding steroid dienone is 2. The van der Waals surface area contributed by atoms with E-state index in [2.05, 4.69) is 93.8 Å². The highest BCUT2D eigenvalue weighted by atomic mass is 32.1. The monoisotopic (exact) mass is 825 g/mol. The van der Waals surface area contributed by atoms with E-state index in [4.69, 9.17) is 4.74 Å². The van der Waals surface area contributed by atoms with Gasteiger partial charge in [0.2, 0.25) is 0 Å². The van der Waals surface area contributed by atoms with Gasteiger partial charge in [-0.15, -0.1) is 11.3 Å². The Morgan fingerprint density at radius 1 is 0.883 bits per heavy atom. The summed E-state index contributed by atoms with van der Waals surface area (Å²) in [5.74, 6) is -0.362. The summed E-state index contributed by atoms with van der Waals surface area (Å²) in [5, 5.41) is 29.2. The van der Waals surface area contributed by atoms with Gasteiger partial charge in [-0.2, -0.15) is 29.0 Å². The molecule has 2 aliphatic heterocycles. The van der Waals surface area contributed by atoms with Crippen LogP contribution in [0, 0.1) is 40.9 Å². The van der Waals surface area contributed by atoms with Gasteiger partial charge < -0.3 is 14.5 Å². The third kappa shape index (κ3) is 8.51. The van der Waals surface area contributed by atoms with Crippen molar-refractivity contribution >= 4 is 46.6 Å². The Labute approximate surface area is 356 Å². The van der Waals surface area contributed by atoms with Crippen molar-refractivity contribution in [2.75, 3.05) is 22.9 Å². The lowest BCUT2D eigenvalue weighted by molar-refractivity contribution is -0.249. The van der Waals surface area contributed by atoms with Crippen LogP contribution in [0.5, 0.6) is 0 Å². The van der Waals surface area contributed by atoms with Gasteiger partial charge in [-0.1, -0.05) is 76.1 Å². The van der Waals surface area contributed by atoms with Gasteiger partial charge in [0.15, 0.2) is 11.3 Å². The minimum Gasteiger partial charge on any atom is -0.465 e. The van der Waals surface area contributed by atoms with E-state index < -0.39 is 34.3 Å². The summed E-state index contributed by atoms with van der Waals surface area (Å²) in [6.07, 6.45) is 7.40. The molecule has 2 unspecified atom stereocenters. The number of benzene rings is 3. The molecule has 60 heavy (non-hydrogen) atoms. The van der Waals surface area contributed by atoms with Crippen molar-refractivity contribution < 1.29 is 17.9 Å². The molecular formula is C50H50F3N5OS. The van der Waals surface area contributed by atoms with Gasteiger partial charge in [-0.05, 0) is 123 Å². The van der Waals surface area contributed by atoms with E-state index in [0.717, 1.165) is 35.5 Å². The number of thiophene rings is 1. The number of rotatable bonds is 13. The average molecular weight is 826 g/mol. The first kappa shape index (κ1) is 43.6. The lowest BCUT2D eigenvalue weighted by Gasteiger charge is -2.48. The number of fused-ring (bicyclic) bond motifs is 1. The molecule has 3 aromatic carbocycles. The van der Waals surface area contributed by atoms with Gasteiger partial charge in [0.1, 0.15) is 23.8 Å². The summed E-state index contributed by atoms with van der Waals surface area (Å²) in [4.78, 5) is 6.52. The Bertz CT molecular complexity index is 2430. The number of anilines is 3. The summed E-state index contributed by atoms with van der Waals surface area (Å²) < 4.78 is 51.2. The first-order valence-electron chi connectivity index (χ1n) is 20.5. The summed E-state index contributed by atoms with van der Waals surface area (Å²) in [6, 6.07) is 29.2. The number of nitrogens with zero attached hydrogens (tertiary/aromatic N) is 5. The molecule has 2 aliphatic rings. The molecule has 0 N–H and O–H groups in total. The van der Waals surface area contributed by atoms with Gasteiger partial charge in [0.05, 0.1) is 0 Å². The Balaban J connectivity index is 1.30. The number of unbranched alkanes of at least 4 members (excludes halogenated alkanes) is 2. The molecule has 6 rings (SSSR count). The zero-order valence-corrected chi connectivity index (χ0v) is 35.8. The lowest BCUT2D eigenvalue weighted by Crippen LogP contribution is -2.45. The van der Waals surface area contributed by atoms with Crippen LogP contribution < -0.4 is 9.80 Å². The zero-order valence-electron chi connectivity index (χ0n) is 35.0. The number of nitriles is 3. The van der Waals surface area contributed by atoms with E-state index in [1.165, 1.54) is 96.1 Å². The summed E-state index contributed by atoms with van der Waals surface area (Å²) in [5.41, 5.74) is 1.90. The van der Waals surface area contributed by atoms with E-state index in [1.54, 1.807) is 30.3 Å². The van der Waals surface area contributed by atoms with Gasteiger partial charge in [-0.25, -0.2) is 0 Å². The Kier molecular flexibility index (Phi) is 13.1. The minimum absolute atomic E-state index is 0.107. The predicted molar refractivity (Wildman–Crippen MR) is 237 cm³/mol. The van der Waals surface area contributed by atoms with Gasteiger partial charge in [-0.3, -0.25) is 0 Å². The van der Waals surface area contributed by atoms with Crippen LogP contribution in [0.15, 0.2) is 107 Å². The minimum atomic E-state index is -5.05. The average Bonchev–Trinajstić information content (AvgIpc) is 3.83. The number of aryl methyl sites for hydroxylation is 1. The van der Waals surface area contributed by atoms with Crippen molar-refractivity contribution in [1.29, 1.82) is 15.8 Å². The van der Waals surface area contributed by atoms with Crippen molar-refractivity contribution in [3.63, 3.8) is 0 Å². The molecule has 0 saturated heterocycles. The maximum Gasteiger partial charge on any atom is 0.437 e. The highest BCUT2D eigenvalue weighted by Gasteiger charge is 2.65. The molecule has 2 atom stereocenters. The summed E-state index contributed by atoms with van der Waals surface area (Å²) >= 11 is 1.38. The summed E-state index contributed by atoms with van der Waals surface area (Å²) in [7, 11) is 0. The highest BCUT2D eigenvalue weighted by Crippen LogP contribution is 2.56. The molecule has 10 heteroatoms. The maximum atomic E-state index is 15.2. The molecule has 3 heterocycles. The predicted octanol–water partition coefficient (Wildman–Crippen LogP) is 13.7. The van der Waals surface area contributed by atoms with Crippen molar-refractivity contribution in [2.45, 2.75) is 96.9 Å². The fraction of sp³-hybridized carbons (Fsp3) is 0.340. The second-order valence-electron chi connectivity index (χ2n) is 16.1. The molecule has 0 bridgehead atoms. The van der Waals surface area contributed by atoms with Crippen molar-refractivity contribution in [1.82, 2.24) is 0 Å². The van der Waals surface area contributed by atoms with Crippen LogP contribution in [-0.4, -0.2) is 24.8 Å². The Morgan fingerprint density at radius 3 is 2.07 bits per heavy atom. The molecule has 308 valence electrons. The van der Waals surface area contributed by atoms with Crippen LogP contribution in [0.2, 0.25) is 0 Å². The van der Waals surface area contributed by atoms with Crippen LogP contribution in [0.25, 0.3) is 18.2 Å². The topological polar surface area (TPSA) is 87.1 Å². The summed E-state index contributed by atoms with van der Waals surface area (Å²) in [6.45, 7) is 15.6. The number of hydrogen-bond donors (Lipinski definition) is 0. The third-order valence-electron chi connectivity index (χ3n) is 11.4. The number of halogens is 3. The first-order chi connectivity index (χ1) is 28.7. The Hall–Kier alpha value is -6.02. The third-order valence-corrected chi connectivity index (χ3v) is 12.4. The van der Waals surface area contributed by atoms with E-state index >= 15 is 13.2 Å². The molecule has 6 nitrogen and oxygen atoms in total. The standard InChI is InChI=1S/C50H50F3N5OS/c1-7-9-26-57(27-10-8-2)39-17-19-40(20-18-39)58-46-28-34(3)36(29-43(46)35(4)30-48(58,5)6)16-21-41-22-23-42(60-41)24-25-45-44(33-56)47(37(31-54)32-55)59-49(45,50(51,52)53)38-14-12-11-13-15-38/h11-25,28-29,35H,7-10,26-27,30H2,1-6H3/b21-16+,25-24+. The van der Waals surface area contributed by atoms with Crippen LogP contribution in [0.1, 0.15) is 105 Å². The first-order valence-corrected chi connectivity index (χ1v) is 21.3. The van der Waals surface area contributed by atoms with Crippen LogP contribution in [-0.2, 0) is 10.3 Å². The SMILES string of the molecule is CCCCN(CCCC)c1ccc(N2c3cc(C)c(/C=C/c4ccc(/C=C/C5=C(C#N)C(=C(C#N)C#N)OC5(c5ccccc5)C(F)(F)F)s4)cc3C(C)CC2(C)C)cc1. The van der Waals surface area contributed by atoms with Crippen LogP contribution >= 0.6 is 11.3 Å². The number of ether oxygens (including phenoxy) is 1. The van der Waals surface area contributed by atoms with Crippen LogP contribution in [0.4, 0.5) is 30.2 Å². The second kappa shape index (κ2) is 18.1. The molecule has 0 saturated carbocycles. The van der Waals surface area contributed by atoms with E-state index in [9.17, 15) is 15.8 Å². The molecule has 1 aromatic heterocycles. The zero-order chi connectivity index (χ0) is 43.2. The smallest absolute Gasteiger partial charge is 0.437 e. The molecule has 0 aliphatic carbocycles. The van der Waals surface area contributed by atoms with E-state index in [1.807, 2.05) is 12.1 Å². The molecular weight excluding hydrogens is 776 g/mol. The quantitative estimate of drug-likeness (QED) is 0.125. The van der Waals surface area contributed by atoms with Crippen LogP contribution in [0.3, 0.4) is 0 Å². The van der Waals surface area contributed by atoms with E-state index in [-0.39, 0.29) is 11.1 Å². The molecule has 0 spiro atoms. The van der Waals surface area contributed by atoms with Crippen molar-refractivity contribution in [3.8, 4) is 18.2 Å². The fourth-order valence-corrected chi connectivity index (χ4v) is 9.28. The molecule has 4 aromatic rings. The molecule has 0 fully saturated rings. The fourth-order valence-electron chi connectivity index (χ4n) is 8.46. The molecule has 0 radical (unpaired) electrons. The second-order valence-corrected chi connectivity index (χ2v) is 17.3.